The molecule has 6 nitrogen and oxygen atoms in total. The summed E-state index contributed by atoms with van der Waals surface area (Å²) in [5, 5.41) is 13.5. The fourth-order valence-electron chi connectivity index (χ4n) is 3.00. The van der Waals surface area contributed by atoms with Crippen LogP contribution in [0.15, 0.2) is 67.1 Å². The van der Waals surface area contributed by atoms with Crippen molar-refractivity contribution < 1.29 is 9.90 Å². The zero-order chi connectivity index (χ0) is 18.6. The maximum Gasteiger partial charge on any atom is 0.224 e. The molecule has 0 spiro atoms. The highest BCUT2D eigenvalue weighted by Crippen LogP contribution is 2.21. The standard InChI is InChI=1S/C21H18N4O2/c26-17-5-3-4-14(10-17)21-23-12-16(13-24-21)25-20(27)9-8-15-11-22-19-7-2-1-6-18(15)19/h1-7,10-13,22,26H,8-9H2,(H,25,27). The number of phenols is 1. The third-order valence-corrected chi connectivity index (χ3v) is 4.34. The van der Waals surface area contributed by atoms with Crippen LogP contribution in [0.1, 0.15) is 12.0 Å². The molecule has 2 heterocycles. The minimum atomic E-state index is -0.0889. The molecule has 2 aromatic carbocycles. The van der Waals surface area contributed by atoms with Gasteiger partial charge in [-0.15, -0.1) is 0 Å². The van der Waals surface area contributed by atoms with E-state index >= 15 is 0 Å². The summed E-state index contributed by atoms with van der Waals surface area (Å²) in [6, 6.07) is 14.8. The molecule has 0 atom stereocenters. The number of para-hydroxylation sites is 1. The average Bonchev–Trinajstić information content (AvgIpc) is 3.10. The summed E-state index contributed by atoms with van der Waals surface area (Å²) >= 11 is 0. The summed E-state index contributed by atoms with van der Waals surface area (Å²) in [6.07, 6.45) is 6.10. The number of hydrogen-bond acceptors (Lipinski definition) is 4. The smallest absolute Gasteiger partial charge is 0.224 e. The lowest BCUT2D eigenvalue weighted by molar-refractivity contribution is -0.116. The van der Waals surface area contributed by atoms with Crippen LogP contribution < -0.4 is 5.32 Å². The molecule has 4 aromatic rings. The number of anilines is 1. The van der Waals surface area contributed by atoms with E-state index in [1.165, 1.54) is 0 Å². The molecule has 134 valence electrons. The molecular weight excluding hydrogens is 340 g/mol. The Morgan fingerprint density at radius 2 is 1.89 bits per heavy atom. The predicted octanol–water partition coefficient (Wildman–Crippen LogP) is 3.90. The van der Waals surface area contributed by atoms with Crippen LogP contribution in [0.2, 0.25) is 0 Å². The molecule has 3 N–H and O–H groups in total. The Balaban J connectivity index is 1.38. The topological polar surface area (TPSA) is 90.9 Å². The minimum absolute atomic E-state index is 0.0889. The van der Waals surface area contributed by atoms with Crippen molar-refractivity contribution in [1.82, 2.24) is 15.0 Å². The van der Waals surface area contributed by atoms with Crippen molar-refractivity contribution in [3.8, 4) is 17.1 Å². The maximum atomic E-state index is 12.2. The highest BCUT2D eigenvalue weighted by molar-refractivity contribution is 5.91. The molecule has 0 radical (unpaired) electrons. The predicted molar refractivity (Wildman–Crippen MR) is 104 cm³/mol. The SMILES string of the molecule is O=C(CCc1c[nH]c2ccccc12)Nc1cnc(-c2cccc(O)c2)nc1. The number of rotatable bonds is 5. The number of hydrogen-bond donors (Lipinski definition) is 3. The van der Waals surface area contributed by atoms with Gasteiger partial charge in [0.1, 0.15) is 5.75 Å². The number of nitrogens with one attached hydrogen (secondary N) is 2. The van der Waals surface area contributed by atoms with E-state index in [0.29, 0.717) is 29.9 Å². The number of H-pyrrole nitrogens is 1. The fourth-order valence-corrected chi connectivity index (χ4v) is 3.00. The third kappa shape index (κ3) is 3.79. The van der Waals surface area contributed by atoms with Crippen molar-refractivity contribution in [3.63, 3.8) is 0 Å². The normalized spacial score (nSPS) is 10.8. The van der Waals surface area contributed by atoms with Gasteiger partial charge in [-0.1, -0.05) is 30.3 Å². The second-order valence-electron chi connectivity index (χ2n) is 6.25. The molecule has 0 bridgehead atoms. The maximum absolute atomic E-state index is 12.2. The average molecular weight is 358 g/mol. The van der Waals surface area contributed by atoms with Crippen molar-refractivity contribution in [1.29, 1.82) is 0 Å². The molecule has 4 rings (SSSR count). The van der Waals surface area contributed by atoms with Gasteiger partial charge in [0.15, 0.2) is 5.82 Å². The van der Waals surface area contributed by atoms with Gasteiger partial charge in [0.25, 0.3) is 0 Å². The van der Waals surface area contributed by atoms with E-state index in [-0.39, 0.29) is 11.7 Å². The number of aromatic amines is 1. The van der Waals surface area contributed by atoms with Gasteiger partial charge in [-0.2, -0.15) is 0 Å². The first-order chi connectivity index (χ1) is 13.2. The van der Waals surface area contributed by atoms with Crippen LogP contribution in [-0.2, 0) is 11.2 Å². The Morgan fingerprint density at radius 3 is 2.70 bits per heavy atom. The summed E-state index contributed by atoms with van der Waals surface area (Å²) in [5.41, 5.74) is 3.45. The van der Waals surface area contributed by atoms with Crippen LogP contribution in [0, 0.1) is 0 Å². The van der Waals surface area contributed by atoms with Crippen molar-refractivity contribution in [2.45, 2.75) is 12.8 Å². The summed E-state index contributed by atoms with van der Waals surface area (Å²) in [6.45, 7) is 0. The van der Waals surface area contributed by atoms with Gasteiger partial charge in [-0.3, -0.25) is 4.79 Å². The highest BCUT2D eigenvalue weighted by atomic mass is 16.3. The minimum Gasteiger partial charge on any atom is -0.508 e. The molecule has 0 saturated heterocycles. The van der Waals surface area contributed by atoms with E-state index in [4.69, 9.17) is 0 Å². The van der Waals surface area contributed by atoms with Crippen molar-refractivity contribution in [3.05, 3.63) is 72.7 Å². The molecular formula is C21H18N4O2. The number of nitrogens with zero attached hydrogens (tertiary/aromatic N) is 2. The van der Waals surface area contributed by atoms with Gasteiger partial charge in [0.2, 0.25) is 5.91 Å². The van der Waals surface area contributed by atoms with Crippen LogP contribution in [0.25, 0.3) is 22.3 Å². The van der Waals surface area contributed by atoms with Crippen LogP contribution in [0.3, 0.4) is 0 Å². The Morgan fingerprint density at radius 1 is 1.07 bits per heavy atom. The van der Waals surface area contributed by atoms with Crippen LogP contribution >= 0.6 is 0 Å². The lowest BCUT2D eigenvalue weighted by Crippen LogP contribution is -2.12. The number of benzene rings is 2. The Labute approximate surface area is 155 Å². The van der Waals surface area contributed by atoms with Gasteiger partial charge in [-0.05, 0) is 30.2 Å². The Bertz CT molecular complexity index is 1090. The van der Waals surface area contributed by atoms with Gasteiger partial charge >= 0.3 is 0 Å². The zero-order valence-electron chi connectivity index (χ0n) is 14.5. The molecule has 2 aromatic heterocycles. The van der Waals surface area contributed by atoms with Gasteiger partial charge in [0, 0.05) is 29.1 Å². The number of carbonyl (C=O) groups excluding carboxylic acids is 1. The van der Waals surface area contributed by atoms with Crippen LogP contribution in [-0.4, -0.2) is 26.0 Å². The number of aromatic nitrogens is 3. The molecule has 0 fully saturated rings. The fraction of sp³-hybridized carbons (Fsp3) is 0.0952. The van der Waals surface area contributed by atoms with E-state index in [9.17, 15) is 9.90 Å². The summed E-state index contributed by atoms with van der Waals surface area (Å²) in [7, 11) is 0. The first kappa shape index (κ1) is 16.8. The lowest BCUT2D eigenvalue weighted by atomic mass is 10.1. The lowest BCUT2D eigenvalue weighted by Gasteiger charge is -2.06. The summed E-state index contributed by atoms with van der Waals surface area (Å²) in [4.78, 5) is 24.0. The Kier molecular flexibility index (Phi) is 4.53. The van der Waals surface area contributed by atoms with Crippen molar-refractivity contribution in [2.24, 2.45) is 0 Å². The highest BCUT2D eigenvalue weighted by Gasteiger charge is 2.08. The van der Waals surface area contributed by atoms with E-state index in [1.54, 1.807) is 30.6 Å². The van der Waals surface area contributed by atoms with Gasteiger partial charge in [0.05, 0.1) is 18.1 Å². The molecule has 0 aliphatic heterocycles. The molecule has 1 amide bonds. The molecule has 0 unspecified atom stereocenters. The zero-order valence-corrected chi connectivity index (χ0v) is 14.5. The monoisotopic (exact) mass is 358 g/mol. The molecule has 0 aliphatic carbocycles. The Hall–Kier alpha value is -3.67. The first-order valence-electron chi connectivity index (χ1n) is 8.65. The summed E-state index contributed by atoms with van der Waals surface area (Å²) < 4.78 is 0. The van der Waals surface area contributed by atoms with E-state index < -0.39 is 0 Å². The van der Waals surface area contributed by atoms with Crippen molar-refractivity contribution >= 4 is 22.5 Å². The second kappa shape index (κ2) is 7.29. The molecule has 27 heavy (non-hydrogen) atoms. The van der Waals surface area contributed by atoms with E-state index in [2.05, 4.69) is 20.3 Å². The number of fused-ring (bicyclic) bond motifs is 1. The second-order valence-corrected chi connectivity index (χ2v) is 6.25. The number of phenolic OH excluding ortho intramolecular Hbond substituents is 1. The van der Waals surface area contributed by atoms with E-state index in [0.717, 1.165) is 16.5 Å². The van der Waals surface area contributed by atoms with Gasteiger partial charge < -0.3 is 15.4 Å². The molecule has 0 aliphatic rings. The van der Waals surface area contributed by atoms with E-state index in [1.807, 2.05) is 36.5 Å². The number of amides is 1. The molecule has 0 saturated carbocycles. The van der Waals surface area contributed by atoms with Crippen LogP contribution in [0.4, 0.5) is 5.69 Å². The number of aryl methyl sites for hydroxylation is 1. The van der Waals surface area contributed by atoms with Crippen LogP contribution in [0.5, 0.6) is 5.75 Å². The van der Waals surface area contributed by atoms with Crippen molar-refractivity contribution in [2.75, 3.05) is 5.32 Å². The van der Waals surface area contributed by atoms with Gasteiger partial charge in [-0.25, -0.2) is 9.97 Å². The quantitative estimate of drug-likeness (QED) is 0.504. The number of aromatic hydroxyl groups is 1. The summed E-state index contributed by atoms with van der Waals surface area (Å²) in [5.74, 6) is 0.558. The third-order valence-electron chi connectivity index (χ3n) is 4.34. The number of carbonyl (C=O) groups is 1. The largest absolute Gasteiger partial charge is 0.508 e. The first-order valence-corrected chi connectivity index (χ1v) is 8.65. The molecule has 6 heteroatoms.